The van der Waals surface area contributed by atoms with Gasteiger partial charge >= 0.3 is 6.03 Å². The molecular weight excluding hydrogens is 270 g/mol. The molecule has 0 bridgehead atoms. The number of hydrogen-bond acceptors (Lipinski definition) is 4. The Morgan fingerprint density at radius 3 is 2.81 bits per heavy atom. The quantitative estimate of drug-likeness (QED) is 0.671. The normalized spacial score (nSPS) is 14.0. The van der Waals surface area contributed by atoms with Gasteiger partial charge in [-0.05, 0) is 33.9 Å². The van der Waals surface area contributed by atoms with E-state index < -0.39 is 5.54 Å². The molecule has 1 unspecified atom stereocenters. The molecule has 7 nitrogen and oxygen atoms in total. The van der Waals surface area contributed by atoms with E-state index in [0.717, 1.165) is 19.5 Å². The summed E-state index contributed by atoms with van der Waals surface area (Å²) in [6.07, 6.45) is 4.71. The van der Waals surface area contributed by atoms with E-state index in [2.05, 4.69) is 20.6 Å². The molecule has 0 aromatic carbocycles. The number of nitrogens with zero attached hydrogens (tertiary/aromatic N) is 3. The van der Waals surface area contributed by atoms with Gasteiger partial charge in [0.05, 0.1) is 18.4 Å². The number of rotatable bonds is 8. The van der Waals surface area contributed by atoms with Crippen LogP contribution < -0.4 is 10.6 Å². The van der Waals surface area contributed by atoms with Crippen LogP contribution in [0.1, 0.15) is 26.7 Å². The third-order valence-corrected chi connectivity index (χ3v) is 3.53. The van der Waals surface area contributed by atoms with Crippen molar-refractivity contribution >= 4 is 11.7 Å². The zero-order valence-electron chi connectivity index (χ0n) is 13.4. The third kappa shape index (κ3) is 6.14. The highest BCUT2D eigenvalue weighted by atomic mass is 16.3. The minimum Gasteiger partial charge on any atom is -0.396 e. The number of anilines is 1. The van der Waals surface area contributed by atoms with Crippen molar-refractivity contribution < 1.29 is 9.90 Å². The highest BCUT2D eigenvalue weighted by Crippen LogP contribution is 2.14. The van der Waals surface area contributed by atoms with E-state index in [4.69, 9.17) is 5.11 Å². The number of hydrogen-bond donors (Lipinski definition) is 3. The molecule has 0 spiro atoms. The molecule has 1 aromatic heterocycles. The van der Waals surface area contributed by atoms with Crippen LogP contribution in [0.25, 0.3) is 0 Å². The monoisotopic (exact) mass is 297 g/mol. The van der Waals surface area contributed by atoms with Gasteiger partial charge in [-0.1, -0.05) is 6.92 Å². The molecule has 0 aliphatic heterocycles. The predicted octanol–water partition coefficient (Wildman–Crippen LogP) is 1.12. The maximum absolute atomic E-state index is 12.0. The van der Waals surface area contributed by atoms with Gasteiger partial charge in [-0.2, -0.15) is 5.10 Å². The van der Waals surface area contributed by atoms with Crippen LogP contribution in [0.5, 0.6) is 0 Å². The van der Waals surface area contributed by atoms with E-state index in [9.17, 15) is 4.79 Å². The van der Waals surface area contributed by atoms with E-state index in [0.29, 0.717) is 12.1 Å². The molecule has 2 amide bonds. The topological polar surface area (TPSA) is 82.4 Å². The first-order valence-corrected chi connectivity index (χ1v) is 7.26. The van der Waals surface area contributed by atoms with E-state index in [-0.39, 0.29) is 12.6 Å². The van der Waals surface area contributed by atoms with Crippen LogP contribution in [-0.4, -0.2) is 58.6 Å². The summed E-state index contributed by atoms with van der Waals surface area (Å²) in [4.78, 5) is 14.1. The van der Waals surface area contributed by atoms with Gasteiger partial charge in [-0.25, -0.2) is 4.79 Å². The van der Waals surface area contributed by atoms with E-state index in [1.165, 1.54) is 0 Å². The molecule has 0 aliphatic rings. The second kappa shape index (κ2) is 7.99. The molecule has 0 aliphatic carbocycles. The molecule has 0 saturated heterocycles. The lowest BCUT2D eigenvalue weighted by molar-refractivity contribution is 0.208. The molecule has 21 heavy (non-hydrogen) atoms. The molecule has 1 aromatic rings. The van der Waals surface area contributed by atoms with Crippen LogP contribution in [0.2, 0.25) is 0 Å². The smallest absolute Gasteiger partial charge is 0.319 e. The number of urea groups is 1. The molecule has 1 heterocycles. The van der Waals surface area contributed by atoms with Crippen molar-refractivity contribution in [3.05, 3.63) is 12.4 Å². The van der Waals surface area contributed by atoms with Gasteiger partial charge in [0.2, 0.25) is 0 Å². The summed E-state index contributed by atoms with van der Waals surface area (Å²) in [5.74, 6) is 0. The number of carbonyl (C=O) groups excluding carboxylic acids is 1. The molecule has 0 saturated carbocycles. The van der Waals surface area contributed by atoms with Gasteiger partial charge in [0, 0.05) is 24.9 Å². The highest BCUT2D eigenvalue weighted by molar-refractivity contribution is 5.89. The number of nitrogens with one attached hydrogen (secondary N) is 2. The average molecular weight is 297 g/mol. The molecular formula is C14H27N5O2. The van der Waals surface area contributed by atoms with Crippen molar-refractivity contribution in [1.29, 1.82) is 0 Å². The first kappa shape index (κ1) is 17.5. The summed E-state index contributed by atoms with van der Waals surface area (Å²) in [7, 11) is 4.01. The fraction of sp³-hybridized carbons (Fsp3) is 0.714. The lowest BCUT2D eigenvalue weighted by Crippen LogP contribution is -2.48. The Labute approximate surface area is 126 Å². The number of aromatic nitrogens is 2. The average Bonchev–Trinajstić information content (AvgIpc) is 2.84. The van der Waals surface area contributed by atoms with Crippen LogP contribution in [0, 0.1) is 0 Å². The standard InChI is InChI=1S/C14H27N5O2/c1-5-14(2,6-9-20)17-13(21)16-12-10-15-19(11-12)8-7-18(3)4/h10-11,20H,5-9H2,1-4H3,(H2,16,17,21). The Kier molecular flexibility index (Phi) is 6.64. The molecule has 0 fully saturated rings. The SMILES string of the molecule is CCC(C)(CCO)NC(=O)Nc1cnn(CCN(C)C)c1. The molecule has 1 rings (SSSR count). The Morgan fingerprint density at radius 2 is 2.24 bits per heavy atom. The van der Waals surface area contributed by atoms with Gasteiger partial charge in [-0.3, -0.25) is 4.68 Å². The number of carbonyl (C=O) groups is 1. The van der Waals surface area contributed by atoms with Crippen LogP contribution in [0.4, 0.5) is 10.5 Å². The van der Waals surface area contributed by atoms with Crippen molar-refractivity contribution in [3.8, 4) is 0 Å². The van der Waals surface area contributed by atoms with Crippen molar-refractivity contribution in [2.24, 2.45) is 0 Å². The van der Waals surface area contributed by atoms with Crippen molar-refractivity contribution in [2.45, 2.75) is 38.8 Å². The molecule has 1 atom stereocenters. The first-order valence-electron chi connectivity index (χ1n) is 7.26. The maximum atomic E-state index is 12.0. The van der Waals surface area contributed by atoms with Gasteiger partial charge < -0.3 is 20.6 Å². The molecule has 7 heteroatoms. The Hall–Kier alpha value is -1.60. The lowest BCUT2D eigenvalue weighted by Gasteiger charge is -2.28. The maximum Gasteiger partial charge on any atom is 0.319 e. The van der Waals surface area contributed by atoms with Gasteiger partial charge in [0.25, 0.3) is 0 Å². The van der Waals surface area contributed by atoms with Crippen LogP contribution >= 0.6 is 0 Å². The van der Waals surface area contributed by atoms with Crippen LogP contribution in [-0.2, 0) is 6.54 Å². The minimum atomic E-state index is -0.403. The fourth-order valence-electron chi connectivity index (χ4n) is 1.86. The first-order chi connectivity index (χ1) is 9.88. The second-order valence-electron chi connectivity index (χ2n) is 5.76. The van der Waals surface area contributed by atoms with Crippen molar-refractivity contribution in [2.75, 3.05) is 32.6 Å². The van der Waals surface area contributed by atoms with Gasteiger partial charge in [0.1, 0.15) is 0 Å². The number of likely N-dealkylation sites (N-methyl/N-ethyl adjacent to an activating group) is 1. The van der Waals surface area contributed by atoms with E-state index in [1.54, 1.807) is 17.1 Å². The van der Waals surface area contributed by atoms with E-state index >= 15 is 0 Å². The summed E-state index contributed by atoms with van der Waals surface area (Å²) >= 11 is 0. The van der Waals surface area contributed by atoms with Crippen molar-refractivity contribution in [3.63, 3.8) is 0 Å². The Morgan fingerprint density at radius 1 is 1.52 bits per heavy atom. The van der Waals surface area contributed by atoms with Gasteiger partial charge in [-0.15, -0.1) is 0 Å². The summed E-state index contributed by atoms with van der Waals surface area (Å²) in [6, 6.07) is -0.278. The minimum absolute atomic E-state index is 0.0487. The van der Waals surface area contributed by atoms with Crippen LogP contribution in [0.3, 0.4) is 0 Å². The Bertz CT molecular complexity index is 446. The lowest BCUT2D eigenvalue weighted by atomic mass is 9.95. The zero-order valence-corrected chi connectivity index (χ0v) is 13.4. The van der Waals surface area contributed by atoms with Gasteiger partial charge in [0.15, 0.2) is 0 Å². The number of amides is 2. The summed E-state index contributed by atoms with van der Waals surface area (Å²) in [6.45, 7) is 5.61. The fourth-order valence-corrected chi connectivity index (χ4v) is 1.86. The summed E-state index contributed by atoms with van der Waals surface area (Å²) < 4.78 is 1.79. The predicted molar refractivity (Wildman–Crippen MR) is 83.3 cm³/mol. The molecule has 0 radical (unpaired) electrons. The second-order valence-corrected chi connectivity index (χ2v) is 5.76. The summed E-state index contributed by atoms with van der Waals surface area (Å²) in [5.41, 5.74) is 0.258. The van der Waals surface area contributed by atoms with Crippen molar-refractivity contribution in [1.82, 2.24) is 20.0 Å². The Balaban J connectivity index is 2.51. The third-order valence-electron chi connectivity index (χ3n) is 3.53. The van der Waals surface area contributed by atoms with E-state index in [1.807, 2.05) is 27.9 Å². The summed E-state index contributed by atoms with van der Waals surface area (Å²) in [5, 5.41) is 18.9. The van der Waals surface area contributed by atoms with Crippen LogP contribution in [0.15, 0.2) is 12.4 Å². The molecule has 120 valence electrons. The highest BCUT2D eigenvalue weighted by Gasteiger charge is 2.23. The number of aliphatic hydroxyl groups is 1. The largest absolute Gasteiger partial charge is 0.396 e. The number of aliphatic hydroxyl groups excluding tert-OH is 1. The molecule has 3 N–H and O–H groups in total. The zero-order chi connectivity index (χ0) is 15.9.